The van der Waals surface area contributed by atoms with Crippen molar-refractivity contribution in [3.63, 3.8) is 0 Å². The van der Waals surface area contributed by atoms with Gasteiger partial charge in [-0.15, -0.1) is 0 Å². The van der Waals surface area contributed by atoms with Crippen molar-refractivity contribution in [1.82, 2.24) is 14.5 Å². The molecule has 0 aliphatic carbocycles. The van der Waals surface area contributed by atoms with E-state index in [2.05, 4.69) is 9.97 Å². The van der Waals surface area contributed by atoms with Gasteiger partial charge in [0, 0.05) is 11.1 Å². The largest absolute Gasteiger partial charge is 0.495 e. The number of rotatable bonds is 4. The lowest BCUT2D eigenvalue weighted by Gasteiger charge is -2.16. The second-order valence-corrected chi connectivity index (χ2v) is 7.32. The fourth-order valence-corrected chi connectivity index (χ4v) is 3.95. The molecule has 2 aromatic carbocycles. The van der Waals surface area contributed by atoms with Gasteiger partial charge in [0.05, 0.1) is 23.9 Å². The number of hydrogen-bond donors (Lipinski definition) is 1. The van der Waals surface area contributed by atoms with Gasteiger partial charge < -0.3 is 14.2 Å². The number of aromatic amines is 1. The maximum absolute atomic E-state index is 14.1. The SMILES string of the molecule is COc1ccccc1-n1c(=S)[nH]c(=O)c2c(C(F)F)cc(-c3ccc4c(c3)OCO4)nc21. The van der Waals surface area contributed by atoms with Crippen molar-refractivity contribution < 1.29 is 23.0 Å². The summed E-state index contributed by atoms with van der Waals surface area (Å²) in [6.45, 7) is 0.0781. The Morgan fingerprint density at radius 3 is 2.72 bits per heavy atom. The third-order valence-corrected chi connectivity index (χ3v) is 5.41. The standard InChI is InChI=1S/C22H15F2N3O4S/c1-29-15-5-3-2-4-14(15)27-20-18(21(28)26-22(27)32)12(19(23)24)9-13(25-20)11-6-7-16-17(8-11)31-10-30-16/h2-9,19H,10H2,1H3,(H,26,28,32). The minimum atomic E-state index is -2.92. The van der Waals surface area contributed by atoms with Gasteiger partial charge in [0.1, 0.15) is 5.75 Å². The van der Waals surface area contributed by atoms with Crippen LogP contribution in [0, 0.1) is 4.77 Å². The van der Waals surface area contributed by atoms with Crippen LogP contribution >= 0.6 is 12.2 Å². The zero-order chi connectivity index (χ0) is 22.4. The van der Waals surface area contributed by atoms with Gasteiger partial charge >= 0.3 is 0 Å². The van der Waals surface area contributed by atoms with Gasteiger partial charge in [0.2, 0.25) is 6.79 Å². The first-order valence-corrected chi connectivity index (χ1v) is 9.90. The molecule has 5 rings (SSSR count). The van der Waals surface area contributed by atoms with Crippen LogP contribution < -0.4 is 19.8 Å². The third-order valence-electron chi connectivity index (χ3n) is 5.12. The summed E-state index contributed by atoms with van der Waals surface area (Å²) in [4.78, 5) is 19.7. The topological polar surface area (TPSA) is 78.4 Å². The van der Waals surface area contributed by atoms with Crippen LogP contribution in [0.2, 0.25) is 0 Å². The fraction of sp³-hybridized carbons (Fsp3) is 0.136. The Morgan fingerprint density at radius 2 is 1.94 bits per heavy atom. The smallest absolute Gasteiger partial charge is 0.264 e. The molecule has 0 fully saturated rings. The average molecular weight is 455 g/mol. The zero-order valence-electron chi connectivity index (χ0n) is 16.6. The van der Waals surface area contributed by atoms with Crippen LogP contribution in [-0.4, -0.2) is 28.4 Å². The van der Waals surface area contributed by atoms with E-state index in [1.54, 1.807) is 42.5 Å². The molecule has 4 aromatic rings. The lowest BCUT2D eigenvalue weighted by atomic mass is 10.1. The predicted molar refractivity (Wildman–Crippen MR) is 116 cm³/mol. The molecular formula is C22H15F2N3O4S. The maximum atomic E-state index is 14.1. The van der Waals surface area contributed by atoms with Gasteiger partial charge in [0.15, 0.2) is 21.9 Å². The number of aromatic nitrogens is 3. The number of pyridine rings is 1. The number of nitrogens with zero attached hydrogens (tertiary/aromatic N) is 2. The van der Waals surface area contributed by atoms with Gasteiger partial charge in [-0.1, -0.05) is 12.1 Å². The molecule has 1 N–H and O–H groups in total. The first-order valence-electron chi connectivity index (χ1n) is 9.49. The maximum Gasteiger partial charge on any atom is 0.264 e. The number of benzene rings is 2. The lowest BCUT2D eigenvalue weighted by Crippen LogP contribution is -2.17. The summed E-state index contributed by atoms with van der Waals surface area (Å²) in [5, 5.41) is -0.246. The van der Waals surface area contributed by atoms with E-state index in [-0.39, 0.29) is 28.3 Å². The quantitative estimate of drug-likeness (QED) is 0.446. The highest BCUT2D eigenvalue weighted by Gasteiger charge is 2.23. The Kier molecular flexibility index (Phi) is 4.86. The van der Waals surface area contributed by atoms with Crippen LogP contribution in [0.25, 0.3) is 28.0 Å². The second-order valence-electron chi connectivity index (χ2n) is 6.93. The molecule has 3 heterocycles. The van der Waals surface area contributed by atoms with Gasteiger partial charge in [-0.2, -0.15) is 0 Å². The van der Waals surface area contributed by atoms with Crippen LogP contribution in [-0.2, 0) is 0 Å². The van der Waals surface area contributed by atoms with Gasteiger partial charge in [-0.25, -0.2) is 13.8 Å². The second kappa shape index (κ2) is 7.72. The molecule has 32 heavy (non-hydrogen) atoms. The molecule has 0 unspecified atom stereocenters. The van der Waals surface area contributed by atoms with Crippen LogP contribution in [0.15, 0.2) is 53.3 Å². The Morgan fingerprint density at radius 1 is 1.16 bits per heavy atom. The van der Waals surface area contributed by atoms with Crippen molar-refractivity contribution in [2.45, 2.75) is 6.43 Å². The third kappa shape index (κ3) is 3.19. The van der Waals surface area contributed by atoms with E-state index in [0.717, 1.165) is 0 Å². The van der Waals surface area contributed by atoms with Crippen molar-refractivity contribution in [3.05, 3.63) is 69.2 Å². The molecule has 0 spiro atoms. The van der Waals surface area contributed by atoms with Crippen molar-refractivity contribution in [2.24, 2.45) is 0 Å². The molecule has 0 bridgehead atoms. The number of para-hydroxylation sites is 2. The number of H-pyrrole nitrogens is 1. The zero-order valence-corrected chi connectivity index (χ0v) is 17.4. The van der Waals surface area contributed by atoms with Crippen molar-refractivity contribution >= 4 is 23.3 Å². The predicted octanol–water partition coefficient (Wildman–Crippen LogP) is 4.79. The Bertz CT molecular complexity index is 1480. The van der Waals surface area contributed by atoms with E-state index in [1.165, 1.54) is 17.7 Å². The van der Waals surface area contributed by atoms with Crippen LogP contribution in [0.4, 0.5) is 8.78 Å². The van der Waals surface area contributed by atoms with Gasteiger partial charge in [0.25, 0.3) is 12.0 Å². The lowest BCUT2D eigenvalue weighted by molar-refractivity contribution is 0.153. The summed E-state index contributed by atoms with van der Waals surface area (Å²) in [6.07, 6.45) is -2.92. The van der Waals surface area contributed by atoms with E-state index >= 15 is 0 Å². The van der Waals surface area contributed by atoms with Gasteiger partial charge in [-0.3, -0.25) is 14.3 Å². The van der Waals surface area contributed by atoms with E-state index in [0.29, 0.717) is 28.5 Å². The van der Waals surface area contributed by atoms with Crippen LogP contribution in [0.5, 0.6) is 17.2 Å². The molecule has 2 aromatic heterocycles. The Labute approximate surface area is 184 Å². The summed E-state index contributed by atoms with van der Waals surface area (Å²) in [5.41, 5.74) is 0.00911. The highest BCUT2D eigenvalue weighted by atomic mass is 32.1. The fourth-order valence-electron chi connectivity index (χ4n) is 3.67. The molecule has 1 aliphatic heterocycles. The molecule has 0 atom stereocenters. The molecule has 162 valence electrons. The number of methoxy groups -OCH3 is 1. The number of alkyl halides is 2. The van der Waals surface area contributed by atoms with Gasteiger partial charge in [-0.05, 0) is 48.6 Å². The van der Waals surface area contributed by atoms with E-state index in [9.17, 15) is 13.6 Å². The first-order chi connectivity index (χ1) is 15.5. The molecule has 1 aliphatic rings. The van der Waals surface area contributed by atoms with Crippen LogP contribution in [0.3, 0.4) is 0 Å². The summed E-state index contributed by atoms with van der Waals surface area (Å²) >= 11 is 5.38. The molecule has 0 saturated heterocycles. The molecule has 0 amide bonds. The summed E-state index contributed by atoms with van der Waals surface area (Å²) in [6, 6.07) is 13.1. The Hall–Kier alpha value is -3.79. The van der Waals surface area contributed by atoms with Crippen molar-refractivity contribution in [2.75, 3.05) is 13.9 Å². The molecule has 10 heteroatoms. The van der Waals surface area contributed by atoms with Crippen molar-refractivity contribution in [1.29, 1.82) is 0 Å². The number of fused-ring (bicyclic) bond motifs is 2. The number of halogens is 2. The summed E-state index contributed by atoms with van der Waals surface area (Å²) in [7, 11) is 1.48. The molecule has 7 nitrogen and oxygen atoms in total. The highest BCUT2D eigenvalue weighted by molar-refractivity contribution is 7.71. The Balaban J connectivity index is 1.88. The summed E-state index contributed by atoms with van der Waals surface area (Å²) < 4.78 is 45.7. The molecular weight excluding hydrogens is 440 g/mol. The molecule has 0 radical (unpaired) electrons. The highest BCUT2D eigenvalue weighted by Crippen LogP contribution is 2.37. The summed E-state index contributed by atoms with van der Waals surface area (Å²) in [5.74, 6) is 1.47. The average Bonchev–Trinajstić information content (AvgIpc) is 3.26. The number of nitrogens with one attached hydrogen (secondary N) is 1. The minimum absolute atomic E-state index is 0.00236. The number of hydrogen-bond acceptors (Lipinski definition) is 6. The minimum Gasteiger partial charge on any atom is -0.495 e. The number of ether oxygens (including phenoxy) is 3. The molecule has 0 saturated carbocycles. The first kappa shape index (κ1) is 20.1. The van der Waals surface area contributed by atoms with E-state index < -0.39 is 17.5 Å². The van der Waals surface area contributed by atoms with Crippen LogP contribution in [0.1, 0.15) is 12.0 Å². The van der Waals surface area contributed by atoms with E-state index in [1.807, 2.05) is 0 Å². The van der Waals surface area contributed by atoms with Crippen molar-refractivity contribution in [3.8, 4) is 34.2 Å². The van der Waals surface area contributed by atoms with E-state index in [4.69, 9.17) is 26.4 Å². The normalized spacial score (nSPS) is 12.5. The monoisotopic (exact) mass is 455 g/mol.